The van der Waals surface area contributed by atoms with Gasteiger partial charge in [-0.3, -0.25) is 0 Å². The molecule has 0 spiro atoms. The third-order valence-electron chi connectivity index (χ3n) is 13.2. The Morgan fingerprint density at radius 3 is 1.38 bits per heavy atom. The number of guanidine groups is 2. The molecular weight excluding hydrogens is 632 g/mol. The van der Waals surface area contributed by atoms with Crippen LogP contribution in [-0.2, 0) is 19.1 Å². The van der Waals surface area contributed by atoms with Crippen molar-refractivity contribution in [3.63, 3.8) is 0 Å². The summed E-state index contributed by atoms with van der Waals surface area (Å²) in [5.41, 5.74) is 28.3. The highest BCUT2D eigenvalue weighted by atomic mass is 16.6. The molecule has 0 heterocycles. The number of ether oxygens (including phenoxy) is 2. The van der Waals surface area contributed by atoms with E-state index in [-0.39, 0.29) is 35.6 Å². The first-order valence-corrected chi connectivity index (χ1v) is 18.1. The van der Waals surface area contributed by atoms with Crippen LogP contribution in [0.2, 0.25) is 0 Å². The Labute approximate surface area is 295 Å². The highest BCUT2D eigenvalue weighted by molar-refractivity contribution is 6.30. The van der Waals surface area contributed by atoms with Gasteiger partial charge in [-0.1, -0.05) is 74.5 Å². The summed E-state index contributed by atoms with van der Waals surface area (Å²) in [6.45, 7) is 5.44. The number of nitrogens with two attached hydrogens (primary N) is 4. The van der Waals surface area contributed by atoms with Gasteiger partial charge in [-0.15, -0.1) is 10.2 Å². The Hall–Kier alpha value is -4.48. The van der Waals surface area contributed by atoms with E-state index in [4.69, 9.17) is 32.4 Å². The zero-order valence-electron chi connectivity index (χ0n) is 29.4. The van der Waals surface area contributed by atoms with Gasteiger partial charge < -0.3 is 43.3 Å². The molecule has 12 heteroatoms. The molecule has 8 unspecified atom stereocenters. The minimum atomic E-state index is -0.914. The number of esters is 2. The highest BCUT2D eigenvalue weighted by Crippen LogP contribution is 2.64. The fraction of sp³-hybridized carbons (Fsp3) is 0.579. The summed E-state index contributed by atoms with van der Waals surface area (Å²) >= 11 is 0. The van der Waals surface area contributed by atoms with Crippen molar-refractivity contribution < 1.29 is 19.1 Å². The van der Waals surface area contributed by atoms with Gasteiger partial charge >= 0.3 is 11.9 Å². The zero-order chi connectivity index (χ0) is 35.6. The Kier molecular flexibility index (Phi) is 9.92. The molecule has 0 aliphatic heterocycles. The molecule has 2 aromatic rings. The first kappa shape index (κ1) is 35.3. The van der Waals surface area contributed by atoms with E-state index in [1.165, 1.54) is 11.1 Å². The van der Waals surface area contributed by atoms with Crippen LogP contribution in [0.4, 0.5) is 0 Å². The lowest BCUT2D eigenvalue weighted by atomic mass is 9.59. The predicted molar refractivity (Wildman–Crippen MR) is 193 cm³/mol. The van der Waals surface area contributed by atoms with Crippen LogP contribution in [0.15, 0.2) is 70.9 Å². The summed E-state index contributed by atoms with van der Waals surface area (Å²) in [5, 5.41) is 8.02. The largest absolute Gasteiger partial charge is 0.450 e. The quantitative estimate of drug-likeness (QED) is 0.0700. The maximum atomic E-state index is 14.2. The lowest BCUT2D eigenvalue weighted by Gasteiger charge is -2.52. The van der Waals surface area contributed by atoms with E-state index in [9.17, 15) is 9.59 Å². The van der Waals surface area contributed by atoms with Crippen molar-refractivity contribution >= 4 is 23.9 Å². The van der Waals surface area contributed by atoms with Gasteiger partial charge in [-0.05, 0) is 99.0 Å². The average molecular weight is 687 g/mol. The van der Waals surface area contributed by atoms with Gasteiger partial charge in [0.05, 0.1) is 0 Å². The van der Waals surface area contributed by atoms with Gasteiger partial charge in [-0.2, -0.15) is 0 Å². The number of rotatable bonds is 10. The van der Waals surface area contributed by atoms with Crippen LogP contribution >= 0.6 is 0 Å². The fourth-order valence-corrected chi connectivity index (χ4v) is 10.3. The van der Waals surface area contributed by atoms with E-state index in [1.807, 2.05) is 36.4 Å². The molecule has 4 aliphatic carbocycles. The summed E-state index contributed by atoms with van der Waals surface area (Å²) in [4.78, 5) is 28.3. The van der Waals surface area contributed by atoms with Gasteiger partial charge in [0.2, 0.25) is 11.9 Å². The van der Waals surface area contributed by atoms with E-state index in [2.05, 4.69) is 59.2 Å². The second-order valence-electron chi connectivity index (χ2n) is 15.6. The number of carbonyl (C=O) groups is 2. The van der Waals surface area contributed by atoms with E-state index in [0.717, 1.165) is 38.5 Å². The molecular formula is C38H54N8O4. The third-order valence-corrected chi connectivity index (χ3v) is 13.2. The lowest BCUT2D eigenvalue weighted by Crippen LogP contribution is -2.56. The number of fused-ring (bicyclic) bond motifs is 2. The first-order valence-electron chi connectivity index (χ1n) is 18.1. The van der Waals surface area contributed by atoms with Crippen LogP contribution in [0, 0.1) is 22.7 Å². The molecule has 8 atom stereocenters. The Morgan fingerprint density at radius 1 is 0.640 bits per heavy atom. The molecule has 6 rings (SSSR count). The molecule has 4 fully saturated rings. The topological polar surface area (TPSA) is 205 Å². The van der Waals surface area contributed by atoms with Crippen molar-refractivity contribution in [1.82, 2.24) is 10.9 Å². The minimum Gasteiger partial charge on any atom is -0.450 e. The SMILES string of the molecule is CC12CCC(c3ccccc3)CC1(OC(=O)C(=O)OC13CCC(CNN=C(N)N)C1(C)CCC(c1ccccc1)C3)CCC2CNN=C(N)N. The molecule has 12 nitrogen and oxygen atoms in total. The molecule has 50 heavy (non-hydrogen) atoms. The smallest absolute Gasteiger partial charge is 0.418 e. The van der Waals surface area contributed by atoms with Crippen molar-refractivity contribution in [2.24, 2.45) is 55.8 Å². The first-order chi connectivity index (χ1) is 23.9. The van der Waals surface area contributed by atoms with Crippen molar-refractivity contribution in [1.29, 1.82) is 0 Å². The molecule has 0 aromatic heterocycles. The Bertz CT molecular complexity index is 1460. The average Bonchev–Trinajstić information content (AvgIpc) is 3.54. The van der Waals surface area contributed by atoms with Crippen molar-refractivity contribution in [2.45, 2.75) is 101 Å². The summed E-state index contributed by atoms with van der Waals surface area (Å²) < 4.78 is 13.1. The number of hydrogen-bond acceptors (Lipinski definition) is 8. The molecule has 0 amide bonds. The predicted octanol–water partition coefficient (Wildman–Crippen LogP) is 3.87. The van der Waals surface area contributed by atoms with Crippen molar-refractivity contribution in [2.75, 3.05) is 13.1 Å². The molecule has 0 saturated heterocycles. The number of carbonyl (C=O) groups excluding carboxylic acids is 2. The van der Waals surface area contributed by atoms with Gasteiger partial charge in [0.25, 0.3) is 0 Å². The fourth-order valence-electron chi connectivity index (χ4n) is 10.3. The summed E-state index contributed by atoms with van der Waals surface area (Å²) in [6, 6.07) is 20.7. The molecule has 0 bridgehead atoms. The lowest BCUT2D eigenvalue weighted by molar-refractivity contribution is -0.208. The Morgan fingerprint density at radius 2 is 1.02 bits per heavy atom. The molecule has 4 saturated carbocycles. The summed E-state index contributed by atoms with van der Waals surface area (Å²) in [5.74, 6) is -1.25. The number of hydrazone groups is 2. The maximum absolute atomic E-state index is 14.2. The molecule has 0 radical (unpaired) electrons. The van der Waals surface area contributed by atoms with Crippen molar-refractivity contribution in [3.8, 4) is 0 Å². The molecule has 2 aromatic carbocycles. The van der Waals surface area contributed by atoms with Gasteiger partial charge in [0.15, 0.2) is 0 Å². The number of nitrogens with zero attached hydrogens (tertiary/aromatic N) is 2. The molecule has 10 N–H and O–H groups in total. The van der Waals surface area contributed by atoms with Crippen LogP contribution < -0.4 is 33.8 Å². The zero-order valence-corrected chi connectivity index (χ0v) is 29.4. The maximum Gasteiger partial charge on any atom is 0.418 e. The Balaban J connectivity index is 1.26. The minimum absolute atomic E-state index is 0.0360. The summed E-state index contributed by atoms with van der Waals surface area (Å²) in [6.07, 6.45) is 7.68. The second kappa shape index (κ2) is 14.0. The summed E-state index contributed by atoms with van der Waals surface area (Å²) in [7, 11) is 0. The van der Waals surface area contributed by atoms with Crippen molar-refractivity contribution in [3.05, 3.63) is 71.8 Å². The number of hydrogen-bond donors (Lipinski definition) is 6. The van der Waals surface area contributed by atoms with Crippen LogP contribution in [0.5, 0.6) is 0 Å². The van der Waals surface area contributed by atoms with E-state index in [1.54, 1.807) is 0 Å². The van der Waals surface area contributed by atoms with E-state index < -0.39 is 34.0 Å². The van der Waals surface area contributed by atoms with Crippen LogP contribution in [0.25, 0.3) is 0 Å². The van der Waals surface area contributed by atoms with Gasteiger partial charge in [0.1, 0.15) is 11.2 Å². The molecule has 4 aliphatic rings. The standard InChI is InChI=1S/C38H54N8O4/c1-35-17-13-27(25-9-5-3-6-10-25)21-37(35,19-15-29(35)23-43-45-33(39)40)49-31(47)32(48)50-38-20-16-30(24-44-46-34(41)42)36(38,2)18-14-28(22-38)26-11-7-4-8-12-26/h3-12,27-30,43-44H,13-24H2,1-2H3,(H4,39,40,45)(H4,41,42,46). The monoisotopic (exact) mass is 686 g/mol. The van der Waals surface area contributed by atoms with Crippen LogP contribution in [-0.4, -0.2) is 48.1 Å². The second-order valence-corrected chi connectivity index (χ2v) is 15.6. The van der Waals surface area contributed by atoms with Gasteiger partial charge in [0, 0.05) is 23.9 Å². The van der Waals surface area contributed by atoms with Crippen LogP contribution in [0.1, 0.15) is 101 Å². The third kappa shape index (κ3) is 6.56. The number of benzene rings is 2. The highest BCUT2D eigenvalue weighted by Gasteiger charge is 2.65. The van der Waals surface area contributed by atoms with E-state index in [0.29, 0.717) is 38.8 Å². The number of nitrogens with one attached hydrogen (secondary N) is 2. The van der Waals surface area contributed by atoms with Gasteiger partial charge in [-0.25, -0.2) is 9.59 Å². The van der Waals surface area contributed by atoms with E-state index >= 15 is 0 Å². The molecule has 270 valence electrons. The normalized spacial score (nSPS) is 34.4. The van der Waals surface area contributed by atoms with Crippen LogP contribution in [0.3, 0.4) is 0 Å².